The lowest BCUT2D eigenvalue weighted by molar-refractivity contribution is 0.0950. The van der Waals surface area contributed by atoms with Crippen molar-refractivity contribution >= 4 is 15.9 Å². The molecular weight excluding hydrogens is 314 g/mol. The lowest BCUT2D eigenvalue weighted by Gasteiger charge is -2.31. The molecule has 1 heterocycles. The van der Waals surface area contributed by atoms with Gasteiger partial charge in [0.1, 0.15) is 0 Å². The van der Waals surface area contributed by atoms with E-state index < -0.39 is 10.0 Å². The van der Waals surface area contributed by atoms with Crippen molar-refractivity contribution in [3.8, 4) is 0 Å². The fourth-order valence-electron chi connectivity index (χ4n) is 2.67. The smallest absolute Gasteiger partial charge is 0.251 e. The highest BCUT2D eigenvalue weighted by Gasteiger charge is 2.29. The molecule has 6 nitrogen and oxygen atoms in total. The van der Waals surface area contributed by atoms with Crippen LogP contribution >= 0.6 is 0 Å². The van der Waals surface area contributed by atoms with E-state index in [1.165, 1.54) is 10.4 Å². The molecule has 0 unspecified atom stereocenters. The first kappa shape index (κ1) is 16.4. The van der Waals surface area contributed by atoms with E-state index in [-0.39, 0.29) is 16.8 Å². The number of benzene rings is 1. The number of nitrogens with zero attached hydrogens (tertiary/aromatic N) is 2. The van der Waals surface area contributed by atoms with E-state index in [0.717, 1.165) is 31.5 Å². The third-order valence-corrected chi connectivity index (χ3v) is 6.36. The molecule has 1 saturated heterocycles. The summed E-state index contributed by atoms with van der Waals surface area (Å²) in [7, 11) is -1.56. The highest BCUT2D eigenvalue weighted by Crippen LogP contribution is 2.23. The summed E-state index contributed by atoms with van der Waals surface area (Å²) < 4.78 is 27.1. The standard InChI is InChI=1S/C16H23N3O3S/c1-12-3-6-14(11-15(12)16(20)17-13-4-5-13)23(21,22)19-9-7-18(2)8-10-19/h3,6,11,13H,4-5,7-10H2,1-2H3,(H,17,20). The van der Waals surface area contributed by atoms with Crippen molar-refractivity contribution in [2.24, 2.45) is 0 Å². The Kier molecular flexibility index (Phi) is 4.44. The molecule has 0 aromatic heterocycles. The summed E-state index contributed by atoms with van der Waals surface area (Å²) in [5, 5.41) is 2.92. The average molecular weight is 337 g/mol. The van der Waals surface area contributed by atoms with E-state index in [0.29, 0.717) is 18.7 Å². The zero-order chi connectivity index (χ0) is 16.6. The molecule has 0 atom stereocenters. The molecule has 1 aromatic carbocycles. The molecule has 1 saturated carbocycles. The molecule has 1 aromatic rings. The van der Waals surface area contributed by atoms with Crippen LogP contribution < -0.4 is 5.32 Å². The Morgan fingerprint density at radius 3 is 2.43 bits per heavy atom. The predicted molar refractivity (Wildman–Crippen MR) is 87.9 cm³/mol. The van der Waals surface area contributed by atoms with Crippen LogP contribution in [0.25, 0.3) is 0 Å². The average Bonchev–Trinajstić information content (AvgIpc) is 3.31. The summed E-state index contributed by atoms with van der Waals surface area (Å²) >= 11 is 0. The SMILES string of the molecule is Cc1ccc(S(=O)(=O)N2CCN(C)CC2)cc1C(=O)NC1CC1. The fourth-order valence-corrected chi connectivity index (χ4v) is 4.12. The maximum atomic E-state index is 12.8. The van der Waals surface area contributed by atoms with Gasteiger partial charge >= 0.3 is 0 Å². The molecule has 3 rings (SSSR count). The monoisotopic (exact) mass is 337 g/mol. The number of hydrogen-bond acceptors (Lipinski definition) is 4. The molecule has 1 aliphatic heterocycles. The molecule has 1 N–H and O–H groups in total. The van der Waals surface area contributed by atoms with Gasteiger partial charge in [0.05, 0.1) is 4.90 Å². The van der Waals surface area contributed by atoms with Gasteiger partial charge in [0.15, 0.2) is 0 Å². The molecule has 1 amide bonds. The van der Waals surface area contributed by atoms with Crippen LogP contribution in [0.15, 0.2) is 23.1 Å². The third-order valence-electron chi connectivity index (χ3n) is 4.47. The minimum Gasteiger partial charge on any atom is -0.349 e. The normalized spacial score (nSPS) is 20.4. The van der Waals surface area contributed by atoms with E-state index in [1.54, 1.807) is 12.1 Å². The zero-order valence-electron chi connectivity index (χ0n) is 13.6. The fraction of sp³-hybridized carbons (Fsp3) is 0.562. The van der Waals surface area contributed by atoms with Crippen molar-refractivity contribution in [3.05, 3.63) is 29.3 Å². The van der Waals surface area contributed by atoms with Crippen molar-refractivity contribution in [3.63, 3.8) is 0 Å². The van der Waals surface area contributed by atoms with Crippen LogP contribution in [0.2, 0.25) is 0 Å². The van der Waals surface area contributed by atoms with E-state index in [2.05, 4.69) is 10.2 Å². The number of carbonyl (C=O) groups is 1. The largest absolute Gasteiger partial charge is 0.349 e. The molecule has 7 heteroatoms. The molecule has 1 aliphatic carbocycles. The van der Waals surface area contributed by atoms with Crippen molar-refractivity contribution in [1.82, 2.24) is 14.5 Å². The Morgan fingerprint density at radius 2 is 1.83 bits per heavy atom. The first-order chi connectivity index (χ1) is 10.9. The van der Waals surface area contributed by atoms with E-state index in [4.69, 9.17) is 0 Å². The van der Waals surface area contributed by atoms with Gasteiger partial charge in [-0.15, -0.1) is 0 Å². The lowest BCUT2D eigenvalue weighted by Crippen LogP contribution is -2.47. The molecule has 23 heavy (non-hydrogen) atoms. The Labute approximate surface area is 137 Å². The second-order valence-corrected chi connectivity index (χ2v) is 8.37. The molecule has 0 spiro atoms. The number of nitrogens with one attached hydrogen (secondary N) is 1. The van der Waals surface area contributed by atoms with Gasteiger partial charge in [-0.05, 0) is 44.5 Å². The molecule has 0 radical (unpaired) electrons. The van der Waals surface area contributed by atoms with Gasteiger partial charge in [0.2, 0.25) is 10.0 Å². The summed E-state index contributed by atoms with van der Waals surface area (Å²) in [5.74, 6) is -0.180. The number of rotatable bonds is 4. The van der Waals surface area contributed by atoms with Crippen LogP contribution in [0.5, 0.6) is 0 Å². The Balaban J connectivity index is 1.85. The number of hydrogen-bond donors (Lipinski definition) is 1. The third kappa shape index (κ3) is 3.57. The van der Waals surface area contributed by atoms with Crippen molar-refractivity contribution in [2.45, 2.75) is 30.7 Å². The van der Waals surface area contributed by atoms with Crippen LogP contribution in [0.1, 0.15) is 28.8 Å². The second-order valence-electron chi connectivity index (χ2n) is 6.43. The first-order valence-corrected chi connectivity index (χ1v) is 9.42. The number of piperazine rings is 1. The van der Waals surface area contributed by atoms with Gasteiger partial charge in [-0.3, -0.25) is 4.79 Å². The Morgan fingerprint density at radius 1 is 1.17 bits per heavy atom. The summed E-state index contributed by atoms with van der Waals surface area (Å²) in [4.78, 5) is 14.6. The molecule has 2 aliphatic rings. The van der Waals surface area contributed by atoms with Crippen LogP contribution in [-0.2, 0) is 10.0 Å². The van der Waals surface area contributed by atoms with Gasteiger partial charge in [0.25, 0.3) is 5.91 Å². The van der Waals surface area contributed by atoms with Gasteiger partial charge in [-0.1, -0.05) is 6.07 Å². The number of carbonyl (C=O) groups excluding carboxylic acids is 1. The summed E-state index contributed by atoms with van der Waals surface area (Å²) in [6, 6.07) is 5.07. The molecular formula is C16H23N3O3S. The van der Waals surface area contributed by atoms with E-state index in [9.17, 15) is 13.2 Å². The Bertz CT molecular complexity index is 705. The summed E-state index contributed by atoms with van der Waals surface area (Å²) in [5.41, 5.74) is 1.24. The quantitative estimate of drug-likeness (QED) is 0.883. The van der Waals surface area contributed by atoms with Gasteiger partial charge in [0, 0.05) is 37.8 Å². The van der Waals surface area contributed by atoms with Gasteiger partial charge in [-0.2, -0.15) is 4.31 Å². The number of amides is 1. The van der Waals surface area contributed by atoms with E-state index in [1.807, 2.05) is 14.0 Å². The summed E-state index contributed by atoms with van der Waals surface area (Å²) in [6.07, 6.45) is 2.01. The first-order valence-electron chi connectivity index (χ1n) is 7.98. The minimum absolute atomic E-state index is 0.180. The molecule has 2 fully saturated rings. The molecule has 0 bridgehead atoms. The lowest BCUT2D eigenvalue weighted by atomic mass is 10.1. The maximum absolute atomic E-state index is 12.8. The van der Waals surface area contributed by atoms with Crippen LogP contribution in [0.4, 0.5) is 0 Å². The van der Waals surface area contributed by atoms with Gasteiger partial charge in [-0.25, -0.2) is 8.42 Å². The Hall–Kier alpha value is -1.44. The van der Waals surface area contributed by atoms with Gasteiger partial charge < -0.3 is 10.2 Å². The highest BCUT2D eigenvalue weighted by molar-refractivity contribution is 7.89. The van der Waals surface area contributed by atoms with Crippen molar-refractivity contribution < 1.29 is 13.2 Å². The topological polar surface area (TPSA) is 69.7 Å². The van der Waals surface area contributed by atoms with Crippen LogP contribution in [-0.4, -0.2) is 62.8 Å². The van der Waals surface area contributed by atoms with Crippen LogP contribution in [0, 0.1) is 6.92 Å². The van der Waals surface area contributed by atoms with Crippen molar-refractivity contribution in [2.75, 3.05) is 33.2 Å². The van der Waals surface area contributed by atoms with Crippen molar-refractivity contribution in [1.29, 1.82) is 0 Å². The minimum atomic E-state index is -3.54. The number of aryl methyl sites for hydroxylation is 1. The maximum Gasteiger partial charge on any atom is 0.251 e. The predicted octanol–water partition coefficient (Wildman–Crippen LogP) is 0.823. The molecule has 126 valence electrons. The summed E-state index contributed by atoms with van der Waals surface area (Å²) in [6.45, 7) is 4.24. The van der Waals surface area contributed by atoms with Crippen LogP contribution in [0.3, 0.4) is 0 Å². The number of sulfonamides is 1. The zero-order valence-corrected chi connectivity index (χ0v) is 14.4. The van der Waals surface area contributed by atoms with E-state index >= 15 is 0 Å². The number of likely N-dealkylation sites (N-methyl/N-ethyl adjacent to an activating group) is 1. The highest BCUT2D eigenvalue weighted by atomic mass is 32.2. The second kappa shape index (κ2) is 6.22.